The van der Waals surface area contributed by atoms with Gasteiger partial charge in [-0.1, -0.05) is 0 Å². The molecular formula is C23H23N7O3. The first-order chi connectivity index (χ1) is 16.0. The maximum absolute atomic E-state index is 13.1. The van der Waals surface area contributed by atoms with Gasteiger partial charge in [-0.15, -0.1) is 0 Å². The second kappa shape index (κ2) is 7.86. The van der Waals surface area contributed by atoms with Gasteiger partial charge in [0.05, 0.1) is 24.9 Å². The van der Waals surface area contributed by atoms with E-state index in [1.807, 2.05) is 25.1 Å². The molecule has 33 heavy (non-hydrogen) atoms. The number of methoxy groups -OCH3 is 1. The minimum atomic E-state index is -1.00. The van der Waals surface area contributed by atoms with Gasteiger partial charge in [0.2, 0.25) is 5.95 Å². The average molecular weight is 445 g/mol. The van der Waals surface area contributed by atoms with Crippen molar-refractivity contribution < 1.29 is 9.47 Å². The molecule has 3 aromatic heterocycles. The average Bonchev–Trinajstić information content (AvgIpc) is 3.09. The highest BCUT2D eigenvalue weighted by molar-refractivity contribution is 5.90. The van der Waals surface area contributed by atoms with Gasteiger partial charge in [-0.05, 0) is 30.7 Å². The standard InChI is InChI=1S/C23H23N7O3/c1-14-10-17-15(19(32-3)4-7-25-17)11-16(14)27-21-26-12-18-20(28-21)30(22(31)29(18)2)23(13-24)5-8-33-9-6-23/h4,7,10-12H,5-6,8-9H2,1-3H3,(H,26,27,28). The van der Waals surface area contributed by atoms with Gasteiger partial charge in [0.1, 0.15) is 16.8 Å². The van der Waals surface area contributed by atoms with E-state index in [2.05, 4.69) is 26.3 Å². The first-order valence-corrected chi connectivity index (χ1v) is 10.6. The number of pyridine rings is 1. The lowest BCUT2D eigenvalue weighted by Crippen LogP contribution is -2.44. The quantitative estimate of drug-likeness (QED) is 0.509. The van der Waals surface area contributed by atoms with Gasteiger partial charge in [-0.3, -0.25) is 14.1 Å². The molecule has 1 aromatic carbocycles. The zero-order valence-electron chi connectivity index (χ0n) is 18.6. The molecule has 0 amide bonds. The predicted molar refractivity (Wildman–Crippen MR) is 123 cm³/mol. The zero-order chi connectivity index (χ0) is 23.2. The van der Waals surface area contributed by atoms with Crippen LogP contribution in [0.15, 0.2) is 35.4 Å². The highest BCUT2D eigenvalue weighted by Crippen LogP contribution is 2.32. The maximum Gasteiger partial charge on any atom is 0.331 e. The van der Waals surface area contributed by atoms with Crippen molar-refractivity contribution in [2.45, 2.75) is 25.3 Å². The van der Waals surface area contributed by atoms with Crippen molar-refractivity contribution in [2.24, 2.45) is 7.05 Å². The van der Waals surface area contributed by atoms with Crippen LogP contribution in [-0.4, -0.2) is 44.4 Å². The van der Waals surface area contributed by atoms with E-state index in [4.69, 9.17) is 9.47 Å². The van der Waals surface area contributed by atoms with Crippen LogP contribution in [0.5, 0.6) is 5.75 Å². The number of hydrogen-bond donors (Lipinski definition) is 1. The Bertz CT molecular complexity index is 1480. The van der Waals surface area contributed by atoms with Crippen LogP contribution >= 0.6 is 0 Å². The van der Waals surface area contributed by atoms with E-state index in [0.717, 1.165) is 22.2 Å². The Morgan fingerprint density at radius 3 is 2.79 bits per heavy atom. The molecule has 1 N–H and O–H groups in total. The number of fused-ring (bicyclic) bond motifs is 2. The Labute approximate surface area is 189 Å². The summed E-state index contributed by atoms with van der Waals surface area (Å²) in [6.45, 7) is 2.80. The lowest BCUT2D eigenvalue weighted by Gasteiger charge is -2.31. The summed E-state index contributed by atoms with van der Waals surface area (Å²) in [7, 11) is 3.28. The summed E-state index contributed by atoms with van der Waals surface area (Å²) in [5.41, 5.74) is 2.25. The second-order valence-corrected chi connectivity index (χ2v) is 8.16. The van der Waals surface area contributed by atoms with Crippen LogP contribution in [-0.2, 0) is 17.3 Å². The Morgan fingerprint density at radius 1 is 1.27 bits per heavy atom. The molecule has 5 rings (SSSR count). The van der Waals surface area contributed by atoms with E-state index < -0.39 is 5.54 Å². The number of nitrogens with one attached hydrogen (secondary N) is 1. The smallest absolute Gasteiger partial charge is 0.331 e. The number of nitriles is 1. The minimum absolute atomic E-state index is 0.294. The molecule has 0 saturated carbocycles. The van der Waals surface area contributed by atoms with Crippen molar-refractivity contribution in [1.29, 1.82) is 5.26 Å². The molecule has 0 bridgehead atoms. The molecule has 0 aliphatic carbocycles. The van der Waals surface area contributed by atoms with Crippen LogP contribution in [0.25, 0.3) is 22.1 Å². The summed E-state index contributed by atoms with van der Waals surface area (Å²) in [6, 6.07) is 8.07. The molecule has 0 atom stereocenters. The summed E-state index contributed by atoms with van der Waals surface area (Å²) in [5, 5.41) is 14.1. The Hall–Kier alpha value is -3.97. The third kappa shape index (κ3) is 3.29. The fourth-order valence-electron chi connectivity index (χ4n) is 4.36. The fourth-order valence-corrected chi connectivity index (χ4v) is 4.36. The van der Waals surface area contributed by atoms with Gasteiger partial charge >= 0.3 is 5.69 Å². The van der Waals surface area contributed by atoms with Crippen molar-refractivity contribution in [3.8, 4) is 11.8 Å². The number of nitrogens with zero attached hydrogens (tertiary/aromatic N) is 6. The lowest BCUT2D eigenvalue weighted by molar-refractivity contribution is 0.0448. The van der Waals surface area contributed by atoms with Gasteiger partial charge < -0.3 is 14.8 Å². The number of benzene rings is 1. The highest BCUT2D eigenvalue weighted by atomic mass is 16.5. The van der Waals surface area contributed by atoms with Gasteiger partial charge in [-0.25, -0.2) is 9.78 Å². The molecule has 4 heterocycles. The molecule has 168 valence electrons. The first-order valence-electron chi connectivity index (χ1n) is 10.6. The van der Waals surface area contributed by atoms with Crippen molar-refractivity contribution >= 4 is 33.7 Å². The SMILES string of the molecule is COc1ccnc2cc(C)c(Nc3ncc4c(n3)n(C3(C#N)CCOCC3)c(=O)n4C)cc12. The minimum Gasteiger partial charge on any atom is -0.496 e. The molecular weight excluding hydrogens is 422 g/mol. The van der Waals surface area contributed by atoms with Crippen molar-refractivity contribution in [2.75, 3.05) is 25.6 Å². The maximum atomic E-state index is 13.1. The summed E-state index contributed by atoms with van der Waals surface area (Å²) in [6.07, 6.45) is 4.16. The topological polar surface area (TPSA) is 120 Å². The monoisotopic (exact) mass is 445 g/mol. The van der Waals surface area contributed by atoms with Crippen LogP contribution in [0.4, 0.5) is 11.6 Å². The number of aryl methyl sites for hydroxylation is 2. The highest BCUT2D eigenvalue weighted by Gasteiger charge is 2.38. The van der Waals surface area contributed by atoms with E-state index >= 15 is 0 Å². The lowest BCUT2D eigenvalue weighted by atomic mass is 9.91. The molecule has 0 radical (unpaired) electrons. The van der Waals surface area contributed by atoms with Crippen LogP contribution < -0.4 is 15.7 Å². The zero-order valence-corrected chi connectivity index (χ0v) is 18.6. The van der Waals surface area contributed by atoms with Crippen molar-refractivity contribution in [3.63, 3.8) is 0 Å². The van der Waals surface area contributed by atoms with E-state index in [9.17, 15) is 10.1 Å². The third-order valence-electron chi connectivity index (χ3n) is 6.27. The fraction of sp³-hybridized carbons (Fsp3) is 0.348. The molecule has 1 fully saturated rings. The molecule has 1 saturated heterocycles. The Kier molecular flexibility index (Phi) is 4.98. The molecule has 0 unspecified atom stereocenters. The Morgan fingerprint density at radius 2 is 2.06 bits per heavy atom. The summed E-state index contributed by atoms with van der Waals surface area (Å²) in [5.74, 6) is 1.04. The molecule has 10 heteroatoms. The molecule has 4 aromatic rings. The van der Waals surface area contributed by atoms with Gasteiger partial charge in [0.25, 0.3) is 0 Å². The normalized spacial score (nSPS) is 15.5. The number of rotatable bonds is 4. The van der Waals surface area contributed by atoms with Crippen molar-refractivity contribution in [3.05, 3.63) is 46.6 Å². The van der Waals surface area contributed by atoms with Crippen LogP contribution in [0.3, 0.4) is 0 Å². The molecule has 1 aliphatic rings. The Balaban J connectivity index is 1.63. The van der Waals surface area contributed by atoms with Gasteiger partial charge in [0.15, 0.2) is 5.65 Å². The van der Waals surface area contributed by atoms with Crippen LogP contribution in [0.1, 0.15) is 18.4 Å². The van der Waals surface area contributed by atoms with Gasteiger partial charge in [0, 0.05) is 50.4 Å². The van der Waals surface area contributed by atoms with E-state index in [-0.39, 0.29) is 5.69 Å². The predicted octanol–water partition coefficient (Wildman–Crippen LogP) is 2.77. The number of ether oxygens (including phenoxy) is 2. The summed E-state index contributed by atoms with van der Waals surface area (Å²) in [4.78, 5) is 26.6. The number of anilines is 2. The van der Waals surface area contributed by atoms with Crippen molar-refractivity contribution in [1.82, 2.24) is 24.1 Å². The number of hydrogen-bond acceptors (Lipinski definition) is 8. The van der Waals surface area contributed by atoms with Crippen LogP contribution in [0.2, 0.25) is 0 Å². The van der Waals surface area contributed by atoms with Gasteiger partial charge in [-0.2, -0.15) is 10.2 Å². The van der Waals surface area contributed by atoms with E-state index in [1.165, 1.54) is 9.13 Å². The summed E-state index contributed by atoms with van der Waals surface area (Å²) < 4.78 is 13.9. The largest absolute Gasteiger partial charge is 0.496 e. The third-order valence-corrected chi connectivity index (χ3v) is 6.27. The molecule has 10 nitrogen and oxygen atoms in total. The van der Waals surface area contributed by atoms with E-state index in [0.29, 0.717) is 48.9 Å². The van der Waals surface area contributed by atoms with Crippen LogP contribution in [0, 0.1) is 18.3 Å². The molecule has 1 aliphatic heterocycles. The summed E-state index contributed by atoms with van der Waals surface area (Å²) >= 11 is 0. The van der Waals surface area contributed by atoms with E-state index in [1.54, 1.807) is 26.6 Å². The second-order valence-electron chi connectivity index (χ2n) is 8.16. The number of aromatic nitrogens is 5. The first kappa shape index (κ1) is 20.9. The molecule has 0 spiro atoms. The number of imidazole rings is 1.